The molecule has 2 fully saturated rings. The highest BCUT2D eigenvalue weighted by Gasteiger charge is 2.60. The van der Waals surface area contributed by atoms with Crippen molar-refractivity contribution in [3.05, 3.63) is 0 Å². The van der Waals surface area contributed by atoms with Crippen LogP contribution in [-0.2, 0) is 28.6 Å². The predicted octanol–water partition coefficient (Wildman–Crippen LogP) is 0.481. The average Bonchev–Trinajstić information content (AvgIpc) is 2.52. The molecule has 4 unspecified atom stereocenters. The zero-order valence-electron chi connectivity index (χ0n) is 15.4. The highest BCUT2D eigenvalue weighted by atomic mass is 32.2. The number of thioether (sulfide) groups is 1. The minimum atomic E-state index is -1.33. The van der Waals surface area contributed by atoms with Crippen LogP contribution in [0.4, 0.5) is 0 Å². The standard InChI is InChI=1S/C16H26N2O6S/c1-8-16(22-6,7-18-11(19)10(17)12(18)25-8)14(21)24-9(2)23-13(20)15(3,4)5/h8-10,12H,7,17H2,1-6H3/t8?,9?,10?,12-,16?/m1/s1. The lowest BCUT2D eigenvalue weighted by molar-refractivity contribution is -0.207. The van der Waals surface area contributed by atoms with Crippen molar-refractivity contribution in [2.75, 3.05) is 13.7 Å². The number of nitrogens with zero attached hydrogens (tertiary/aromatic N) is 1. The first-order chi connectivity index (χ1) is 11.4. The molecule has 2 heterocycles. The first-order valence-electron chi connectivity index (χ1n) is 8.13. The Morgan fingerprint density at radius 2 is 1.96 bits per heavy atom. The molecule has 0 aromatic heterocycles. The van der Waals surface area contributed by atoms with Crippen LogP contribution in [0.5, 0.6) is 0 Å². The van der Waals surface area contributed by atoms with Gasteiger partial charge in [-0.2, -0.15) is 0 Å². The molecule has 2 saturated heterocycles. The molecular weight excluding hydrogens is 348 g/mol. The third-order valence-electron chi connectivity index (χ3n) is 4.46. The van der Waals surface area contributed by atoms with Gasteiger partial charge in [0, 0.05) is 19.3 Å². The SMILES string of the molecule is COC1(C(=O)OC(C)OC(=O)C(C)(C)C)CN2C(=O)C(N)[C@H]2SC1C. The largest absolute Gasteiger partial charge is 0.425 e. The van der Waals surface area contributed by atoms with E-state index in [-0.39, 0.29) is 23.1 Å². The number of nitrogens with two attached hydrogens (primary N) is 1. The van der Waals surface area contributed by atoms with Crippen molar-refractivity contribution < 1.29 is 28.6 Å². The van der Waals surface area contributed by atoms with Crippen molar-refractivity contribution in [1.29, 1.82) is 0 Å². The van der Waals surface area contributed by atoms with Gasteiger partial charge in [0.1, 0.15) is 11.4 Å². The average molecular weight is 374 g/mol. The van der Waals surface area contributed by atoms with E-state index < -0.39 is 35.3 Å². The van der Waals surface area contributed by atoms with Crippen LogP contribution in [0.1, 0.15) is 34.6 Å². The Morgan fingerprint density at radius 1 is 1.36 bits per heavy atom. The summed E-state index contributed by atoms with van der Waals surface area (Å²) in [6.45, 7) is 8.48. The fraction of sp³-hybridized carbons (Fsp3) is 0.812. The number of methoxy groups -OCH3 is 1. The maximum Gasteiger partial charge on any atom is 0.344 e. The third kappa shape index (κ3) is 3.50. The maximum atomic E-state index is 12.7. The molecule has 8 nitrogen and oxygen atoms in total. The van der Waals surface area contributed by atoms with Gasteiger partial charge in [-0.3, -0.25) is 9.59 Å². The van der Waals surface area contributed by atoms with Gasteiger partial charge >= 0.3 is 11.9 Å². The second-order valence-electron chi connectivity index (χ2n) is 7.38. The highest BCUT2D eigenvalue weighted by molar-refractivity contribution is 8.00. The van der Waals surface area contributed by atoms with Crippen molar-refractivity contribution in [3.8, 4) is 0 Å². The predicted molar refractivity (Wildman–Crippen MR) is 91.4 cm³/mol. The first-order valence-corrected chi connectivity index (χ1v) is 9.07. The van der Waals surface area contributed by atoms with Crippen LogP contribution in [0.25, 0.3) is 0 Å². The van der Waals surface area contributed by atoms with Crippen molar-refractivity contribution >= 4 is 29.6 Å². The quantitative estimate of drug-likeness (QED) is 0.430. The summed E-state index contributed by atoms with van der Waals surface area (Å²) in [5.74, 6) is -1.36. The molecule has 9 heteroatoms. The van der Waals surface area contributed by atoms with E-state index in [1.165, 1.54) is 30.7 Å². The topological polar surface area (TPSA) is 108 Å². The van der Waals surface area contributed by atoms with Gasteiger partial charge in [0.25, 0.3) is 0 Å². The first kappa shape index (κ1) is 20.0. The van der Waals surface area contributed by atoms with Gasteiger partial charge in [-0.1, -0.05) is 0 Å². The summed E-state index contributed by atoms with van der Waals surface area (Å²) >= 11 is 1.40. The smallest absolute Gasteiger partial charge is 0.344 e. The number of hydrogen-bond donors (Lipinski definition) is 1. The summed E-state index contributed by atoms with van der Waals surface area (Å²) < 4.78 is 15.9. The fourth-order valence-corrected chi connectivity index (χ4v) is 4.24. The molecule has 142 valence electrons. The van der Waals surface area contributed by atoms with E-state index in [4.69, 9.17) is 19.9 Å². The summed E-state index contributed by atoms with van der Waals surface area (Å²) in [6, 6.07) is -0.551. The van der Waals surface area contributed by atoms with Gasteiger partial charge in [-0.05, 0) is 27.7 Å². The van der Waals surface area contributed by atoms with Crippen LogP contribution in [0.15, 0.2) is 0 Å². The number of rotatable bonds is 4. The van der Waals surface area contributed by atoms with Crippen molar-refractivity contribution in [3.63, 3.8) is 0 Å². The van der Waals surface area contributed by atoms with Gasteiger partial charge in [-0.25, -0.2) is 4.79 Å². The number of hydrogen-bond acceptors (Lipinski definition) is 8. The Kier molecular flexibility index (Phi) is 5.42. The van der Waals surface area contributed by atoms with Gasteiger partial charge in [-0.15, -0.1) is 11.8 Å². The summed E-state index contributed by atoms with van der Waals surface area (Å²) in [7, 11) is 1.40. The van der Waals surface area contributed by atoms with Crippen molar-refractivity contribution in [1.82, 2.24) is 4.90 Å². The number of carbonyl (C=O) groups excluding carboxylic acids is 3. The monoisotopic (exact) mass is 374 g/mol. The Bertz CT molecular complexity index is 577. The van der Waals surface area contributed by atoms with Gasteiger partial charge in [0.2, 0.25) is 12.2 Å². The number of esters is 2. The molecule has 2 N–H and O–H groups in total. The molecule has 2 aliphatic rings. The zero-order chi connectivity index (χ0) is 19.2. The normalized spacial score (nSPS) is 33.2. The molecule has 2 aliphatic heterocycles. The summed E-state index contributed by atoms with van der Waals surface area (Å²) in [4.78, 5) is 38.1. The Morgan fingerprint density at radius 3 is 2.48 bits per heavy atom. The van der Waals surface area contributed by atoms with E-state index in [1.54, 1.807) is 20.8 Å². The van der Waals surface area contributed by atoms with Crippen molar-refractivity contribution in [2.45, 2.75) is 63.2 Å². The zero-order valence-corrected chi connectivity index (χ0v) is 16.2. The van der Waals surface area contributed by atoms with E-state index in [1.807, 2.05) is 6.92 Å². The molecule has 0 aromatic rings. The van der Waals surface area contributed by atoms with Crippen LogP contribution >= 0.6 is 11.8 Å². The number of ether oxygens (including phenoxy) is 3. The summed E-state index contributed by atoms with van der Waals surface area (Å²) in [6.07, 6.45) is -1.06. The summed E-state index contributed by atoms with van der Waals surface area (Å²) in [5.41, 5.74) is 3.75. The number of carbonyl (C=O) groups is 3. The molecule has 25 heavy (non-hydrogen) atoms. The number of amides is 1. The second kappa shape index (κ2) is 6.77. The molecule has 0 bridgehead atoms. The lowest BCUT2D eigenvalue weighted by atomic mass is 9.95. The molecule has 0 saturated carbocycles. The molecule has 2 rings (SSSR count). The van der Waals surface area contributed by atoms with E-state index in [0.29, 0.717) is 0 Å². The number of fused-ring (bicyclic) bond motifs is 1. The van der Waals surface area contributed by atoms with Crippen LogP contribution in [0.3, 0.4) is 0 Å². The minimum Gasteiger partial charge on any atom is -0.425 e. The van der Waals surface area contributed by atoms with E-state index >= 15 is 0 Å². The Labute approximate surface area is 151 Å². The molecule has 0 aromatic carbocycles. The fourth-order valence-electron chi connectivity index (χ4n) is 2.72. The van der Waals surface area contributed by atoms with Gasteiger partial charge < -0.3 is 24.8 Å². The van der Waals surface area contributed by atoms with E-state index in [0.717, 1.165) is 0 Å². The van der Waals surface area contributed by atoms with E-state index in [2.05, 4.69) is 0 Å². The Hall–Kier alpha value is -1.32. The van der Waals surface area contributed by atoms with Gasteiger partial charge in [0.15, 0.2) is 5.60 Å². The highest BCUT2D eigenvalue weighted by Crippen LogP contribution is 2.44. The summed E-state index contributed by atoms with van der Waals surface area (Å²) in [5, 5.41) is -0.439. The van der Waals surface area contributed by atoms with E-state index in [9.17, 15) is 14.4 Å². The minimum absolute atomic E-state index is 0.0631. The van der Waals surface area contributed by atoms with Crippen LogP contribution in [0, 0.1) is 5.41 Å². The molecule has 0 aliphatic carbocycles. The molecule has 0 spiro atoms. The lowest BCUT2D eigenvalue weighted by Gasteiger charge is -2.54. The number of β-lactam (4-membered cyclic amide) rings is 1. The molecule has 5 atom stereocenters. The lowest BCUT2D eigenvalue weighted by Crippen LogP contribution is -2.75. The Balaban J connectivity index is 2.07. The van der Waals surface area contributed by atoms with Crippen molar-refractivity contribution in [2.24, 2.45) is 11.1 Å². The third-order valence-corrected chi connectivity index (χ3v) is 6.07. The van der Waals surface area contributed by atoms with Crippen LogP contribution < -0.4 is 5.73 Å². The molecular formula is C16H26N2O6S. The molecule has 0 radical (unpaired) electrons. The maximum absolute atomic E-state index is 12.7. The second-order valence-corrected chi connectivity index (χ2v) is 8.84. The van der Waals surface area contributed by atoms with Crippen LogP contribution in [0.2, 0.25) is 0 Å². The van der Waals surface area contributed by atoms with Crippen LogP contribution in [-0.4, -0.2) is 65.0 Å². The molecule has 1 amide bonds. The van der Waals surface area contributed by atoms with Gasteiger partial charge in [0.05, 0.1) is 12.0 Å².